The first-order chi connectivity index (χ1) is 11.7. The van der Waals surface area contributed by atoms with E-state index < -0.39 is 12.1 Å². The number of ether oxygens (including phenoxy) is 3. The predicted molar refractivity (Wildman–Crippen MR) is 96.0 cm³/mol. The number of nitriles is 1. The third kappa shape index (κ3) is 8.55. The predicted octanol–water partition coefficient (Wildman–Crippen LogP) is 4.10. The van der Waals surface area contributed by atoms with Crippen LogP contribution < -0.4 is 0 Å². The van der Waals surface area contributed by atoms with Gasteiger partial charge in [0.1, 0.15) is 6.04 Å². The lowest BCUT2D eigenvalue weighted by atomic mass is 9.87. The van der Waals surface area contributed by atoms with Crippen LogP contribution in [0.3, 0.4) is 0 Å². The Labute approximate surface area is 152 Å². The van der Waals surface area contributed by atoms with Gasteiger partial charge in [-0.3, -0.25) is 4.90 Å². The Kier molecular flexibility index (Phi) is 9.23. The second-order valence-corrected chi connectivity index (χ2v) is 7.85. The minimum atomic E-state index is -0.468. The molecule has 1 saturated heterocycles. The summed E-state index contributed by atoms with van der Waals surface area (Å²) in [7, 11) is 1.62. The molecule has 0 aromatic carbocycles. The van der Waals surface area contributed by atoms with Gasteiger partial charge in [-0.15, -0.1) is 0 Å². The van der Waals surface area contributed by atoms with E-state index >= 15 is 0 Å². The Morgan fingerprint density at radius 1 is 1.40 bits per heavy atom. The Balaban J connectivity index is 2.34. The minimum absolute atomic E-state index is 0.0117. The normalized spacial score (nSPS) is 19.3. The summed E-state index contributed by atoms with van der Waals surface area (Å²) in [6.07, 6.45) is 4.94. The van der Waals surface area contributed by atoms with Gasteiger partial charge in [0.15, 0.2) is 6.29 Å². The van der Waals surface area contributed by atoms with Gasteiger partial charge in [-0.25, -0.2) is 4.79 Å². The number of carbonyl (C=O) groups excluding carboxylic acids is 1. The highest BCUT2D eigenvalue weighted by molar-refractivity contribution is 5.68. The number of hydrogen-bond donors (Lipinski definition) is 0. The Bertz CT molecular complexity index is 439. The molecule has 0 spiro atoms. The maximum atomic E-state index is 11.9. The van der Waals surface area contributed by atoms with Crippen molar-refractivity contribution < 1.29 is 19.0 Å². The molecule has 0 N–H and O–H groups in total. The third-order valence-electron chi connectivity index (χ3n) is 4.37. The molecule has 1 heterocycles. The first-order valence-corrected chi connectivity index (χ1v) is 9.31. The van der Waals surface area contributed by atoms with Crippen molar-refractivity contribution in [2.45, 2.75) is 84.7 Å². The van der Waals surface area contributed by atoms with Gasteiger partial charge >= 0.3 is 6.09 Å². The highest BCUT2D eigenvalue weighted by Gasteiger charge is 2.25. The topological polar surface area (TPSA) is 71.8 Å². The zero-order valence-corrected chi connectivity index (χ0v) is 16.4. The van der Waals surface area contributed by atoms with E-state index in [-0.39, 0.29) is 17.8 Å². The van der Waals surface area contributed by atoms with Crippen LogP contribution in [-0.4, -0.2) is 49.7 Å². The summed E-state index contributed by atoms with van der Waals surface area (Å²) >= 11 is 0. The lowest BCUT2D eigenvalue weighted by Crippen LogP contribution is -2.38. The van der Waals surface area contributed by atoms with Gasteiger partial charge in [-0.05, 0) is 57.8 Å². The number of rotatable bonds is 9. The summed E-state index contributed by atoms with van der Waals surface area (Å²) in [5.41, 5.74) is 0.0117. The van der Waals surface area contributed by atoms with Gasteiger partial charge in [-0.1, -0.05) is 13.8 Å². The van der Waals surface area contributed by atoms with Crippen molar-refractivity contribution in [2.24, 2.45) is 5.41 Å². The van der Waals surface area contributed by atoms with Crippen LogP contribution in [0, 0.1) is 16.7 Å². The standard InChI is InChI=1S/C19H34N2O4/c1-15(2)25-18(22)21(5)16(13-20)9-8-11-19(3,4)14-24-17-10-6-7-12-23-17/h15-17H,6-12,14H2,1-5H3. The second-order valence-electron chi connectivity index (χ2n) is 7.85. The second kappa shape index (κ2) is 10.6. The van der Waals surface area contributed by atoms with Gasteiger partial charge in [0, 0.05) is 13.7 Å². The molecule has 0 saturated carbocycles. The Morgan fingerprint density at radius 3 is 2.68 bits per heavy atom. The lowest BCUT2D eigenvalue weighted by Gasteiger charge is -2.30. The highest BCUT2D eigenvalue weighted by atomic mass is 16.7. The van der Waals surface area contributed by atoms with E-state index in [0.29, 0.717) is 13.0 Å². The monoisotopic (exact) mass is 354 g/mol. The molecule has 2 unspecified atom stereocenters. The average Bonchev–Trinajstić information content (AvgIpc) is 2.57. The van der Waals surface area contributed by atoms with Crippen molar-refractivity contribution in [2.75, 3.05) is 20.3 Å². The molecule has 1 amide bonds. The average molecular weight is 354 g/mol. The van der Waals surface area contributed by atoms with Crippen LogP contribution in [0.5, 0.6) is 0 Å². The summed E-state index contributed by atoms with van der Waals surface area (Å²) in [6.45, 7) is 9.34. The van der Waals surface area contributed by atoms with Gasteiger partial charge in [-0.2, -0.15) is 5.26 Å². The molecule has 1 aliphatic heterocycles. The molecule has 0 aromatic heterocycles. The molecule has 6 nitrogen and oxygen atoms in total. The van der Waals surface area contributed by atoms with Crippen LogP contribution in [0.4, 0.5) is 4.79 Å². The molecular weight excluding hydrogens is 320 g/mol. The fourth-order valence-electron chi connectivity index (χ4n) is 2.76. The summed E-state index contributed by atoms with van der Waals surface area (Å²) < 4.78 is 16.6. The quantitative estimate of drug-likeness (QED) is 0.623. The van der Waals surface area contributed by atoms with Crippen molar-refractivity contribution in [1.82, 2.24) is 4.90 Å². The summed E-state index contributed by atoms with van der Waals surface area (Å²) in [5.74, 6) is 0. The van der Waals surface area contributed by atoms with E-state index in [9.17, 15) is 10.1 Å². The lowest BCUT2D eigenvalue weighted by molar-refractivity contribution is -0.176. The zero-order chi connectivity index (χ0) is 18.9. The van der Waals surface area contributed by atoms with Crippen LogP contribution >= 0.6 is 0 Å². The first-order valence-electron chi connectivity index (χ1n) is 9.31. The van der Waals surface area contributed by atoms with Gasteiger partial charge in [0.25, 0.3) is 0 Å². The van der Waals surface area contributed by atoms with E-state index in [1.807, 2.05) is 0 Å². The fraction of sp³-hybridized carbons (Fsp3) is 0.895. The summed E-state index contributed by atoms with van der Waals surface area (Å²) in [4.78, 5) is 13.3. The highest BCUT2D eigenvalue weighted by Crippen LogP contribution is 2.26. The molecule has 144 valence electrons. The number of hydrogen-bond acceptors (Lipinski definition) is 5. The largest absolute Gasteiger partial charge is 0.447 e. The molecular formula is C19H34N2O4. The maximum Gasteiger partial charge on any atom is 0.410 e. The molecule has 0 aromatic rings. The molecule has 2 atom stereocenters. The summed E-state index contributed by atoms with van der Waals surface area (Å²) in [6, 6.07) is 1.73. The molecule has 1 fully saturated rings. The molecule has 1 rings (SSSR count). The molecule has 1 aliphatic rings. The Hall–Kier alpha value is -1.32. The van der Waals surface area contributed by atoms with Crippen molar-refractivity contribution in [3.8, 4) is 6.07 Å². The molecule has 0 aliphatic carbocycles. The first kappa shape index (κ1) is 21.7. The van der Waals surface area contributed by atoms with E-state index in [0.717, 1.165) is 38.7 Å². The fourth-order valence-corrected chi connectivity index (χ4v) is 2.76. The van der Waals surface area contributed by atoms with Crippen LogP contribution in [0.1, 0.15) is 66.2 Å². The van der Waals surface area contributed by atoms with Gasteiger partial charge < -0.3 is 14.2 Å². The van der Waals surface area contributed by atoms with Crippen LogP contribution in [-0.2, 0) is 14.2 Å². The van der Waals surface area contributed by atoms with Gasteiger partial charge in [0.2, 0.25) is 0 Å². The number of amides is 1. The van der Waals surface area contributed by atoms with Crippen LogP contribution in [0.25, 0.3) is 0 Å². The van der Waals surface area contributed by atoms with Crippen molar-refractivity contribution in [1.29, 1.82) is 5.26 Å². The van der Waals surface area contributed by atoms with E-state index in [2.05, 4.69) is 19.9 Å². The molecule has 6 heteroatoms. The van der Waals surface area contributed by atoms with Crippen molar-refractivity contribution in [3.63, 3.8) is 0 Å². The van der Waals surface area contributed by atoms with Crippen LogP contribution in [0.2, 0.25) is 0 Å². The molecule has 0 bridgehead atoms. The van der Waals surface area contributed by atoms with Crippen LogP contribution in [0.15, 0.2) is 0 Å². The van der Waals surface area contributed by atoms with E-state index in [1.54, 1.807) is 20.9 Å². The molecule has 0 radical (unpaired) electrons. The smallest absolute Gasteiger partial charge is 0.410 e. The Morgan fingerprint density at radius 2 is 2.12 bits per heavy atom. The maximum absolute atomic E-state index is 11.9. The number of nitrogens with zero attached hydrogens (tertiary/aromatic N) is 2. The van der Waals surface area contributed by atoms with Crippen molar-refractivity contribution in [3.05, 3.63) is 0 Å². The van der Waals surface area contributed by atoms with E-state index in [1.165, 1.54) is 4.90 Å². The van der Waals surface area contributed by atoms with Gasteiger partial charge in [0.05, 0.1) is 18.8 Å². The number of carbonyl (C=O) groups is 1. The third-order valence-corrected chi connectivity index (χ3v) is 4.37. The van der Waals surface area contributed by atoms with E-state index in [4.69, 9.17) is 14.2 Å². The summed E-state index contributed by atoms with van der Waals surface area (Å²) in [5, 5.41) is 9.34. The molecule has 25 heavy (non-hydrogen) atoms. The SMILES string of the molecule is CC(C)OC(=O)N(C)C(C#N)CCCC(C)(C)COC1CCCCO1. The van der Waals surface area contributed by atoms with Crippen molar-refractivity contribution >= 4 is 6.09 Å². The minimum Gasteiger partial charge on any atom is -0.447 e. The zero-order valence-electron chi connectivity index (χ0n) is 16.4.